The number of fused-ring (bicyclic) bond motifs is 1. The molecule has 30 heavy (non-hydrogen) atoms. The summed E-state index contributed by atoms with van der Waals surface area (Å²) in [5.74, 6) is 0.484. The molecule has 3 N–H and O–H groups in total. The first-order valence-electron chi connectivity index (χ1n) is 11.3. The Hall–Kier alpha value is -1.44. The Morgan fingerprint density at radius 3 is 2.63 bits per heavy atom. The molecule has 1 amide bonds. The van der Waals surface area contributed by atoms with Crippen LogP contribution in [0.15, 0.2) is 18.2 Å². The molecule has 1 heterocycles. The molecule has 7 heteroatoms. The van der Waals surface area contributed by atoms with E-state index in [2.05, 4.69) is 23.6 Å². The first-order chi connectivity index (χ1) is 14.3. The lowest BCUT2D eigenvalue weighted by molar-refractivity contribution is -0.120. The summed E-state index contributed by atoms with van der Waals surface area (Å²) in [5.41, 5.74) is 3.03. The molecule has 168 valence electrons. The maximum absolute atomic E-state index is 12.4. The summed E-state index contributed by atoms with van der Waals surface area (Å²) in [4.78, 5) is 11.7. The van der Waals surface area contributed by atoms with Crippen LogP contribution in [-0.4, -0.2) is 43.9 Å². The quantitative estimate of drug-likeness (QED) is 0.582. The van der Waals surface area contributed by atoms with Crippen molar-refractivity contribution in [2.45, 2.75) is 82.7 Å². The third-order valence-corrected chi connectivity index (χ3v) is 8.12. The molecular formula is C23H36N2O4S. The van der Waals surface area contributed by atoms with E-state index < -0.39 is 15.9 Å². The number of hydrogen-bond acceptors (Lipinski definition) is 5. The predicted octanol–water partition coefficient (Wildman–Crippen LogP) is 2.64. The number of carbonyl (C=O) groups excluding carboxylic acids is 1. The number of amides is 1. The summed E-state index contributed by atoms with van der Waals surface area (Å²) in [6, 6.07) is 5.33. The van der Waals surface area contributed by atoms with E-state index in [1.807, 2.05) is 12.1 Å². The van der Waals surface area contributed by atoms with Crippen LogP contribution in [0.1, 0.15) is 75.1 Å². The second kappa shape index (κ2) is 10.2. The Morgan fingerprint density at radius 2 is 1.97 bits per heavy atom. The molecule has 0 bridgehead atoms. The average Bonchev–Trinajstić information content (AvgIpc) is 2.70. The van der Waals surface area contributed by atoms with Gasteiger partial charge in [-0.25, -0.2) is 8.42 Å². The normalized spacial score (nSPS) is 23.4. The van der Waals surface area contributed by atoms with E-state index in [4.69, 9.17) is 0 Å². The minimum atomic E-state index is -3.19. The van der Waals surface area contributed by atoms with Crippen LogP contribution in [0.25, 0.3) is 0 Å². The number of nitrogens with one attached hydrogen (secondary N) is 2. The van der Waals surface area contributed by atoms with E-state index in [1.165, 1.54) is 31.7 Å². The van der Waals surface area contributed by atoms with E-state index in [1.54, 1.807) is 0 Å². The van der Waals surface area contributed by atoms with Crippen LogP contribution >= 0.6 is 0 Å². The zero-order valence-electron chi connectivity index (χ0n) is 18.2. The summed E-state index contributed by atoms with van der Waals surface area (Å²) in [6.45, 7) is 3.80. The predicted molar refractivity (Wildman–Crippen MR) is 119 cm³/mol. The van der Waals surface area contributed by atoms with Crippen molar-refractivity contribution in [2.75, 3.05) is 12.3 Å². The van der Waals surface area contributed by atoms with Crippen molar-refractivity contribution in [3.05, 3.63) is 34.9 Å². The number of rotatable bonds is 8. The van der Waals surface area contributed by atoms with Gasteiger partial charge >= 0.3 is 0 Å². The fourth-order valence-electron chi connectivity index (χ4n) is 4.89. The van der Waals surface area contributed by atoms with Crippen LogP contribution in [0.5, 0.6) is 0 Å². The largest absolute Gasteiger partial charge is 0.390 e. The molecule has 1 fully saturated rings. The maximum Gasteiger partial charge on any atom is 0.217 e. The van der Waals surface area contributed by atoms with Gasteiger partial charge < -0.3 is 15.7 Å². The molecular weight excluding hydrogens is 400 g/mol. The fourth-order valence-corrected chi connectivity index (χ4v) is 6.55. The molecule has 0 spiro atoms. The highest BCUT2D eigenvalue weighted by atomic mass is 32.2. The highest BCUT2D eigenvalue weighted by Crippen LogP contribution is 2.30. The zero-order valence-corrected chi connectivity index (χ0v) is 19.0. The monoisotopic (exact) mass is 436 g/mol. The van der Waals surface area contributed by atoms with E-state index in [-0.39, 0.29) is 36.0 Å². The lowest BCUT2D eigenvalue weighted by Crippen LogP contribution is -2.49. The van der Waals surface area contributed by atoms with Crippen LogP contribution in [0.4, 0.5) is 0 Å². The molecule has 3 rings (SSSR count). The van der Waals surface area contributed by atoms with Gasteiger partial charge in [0, 0.05) is 19.5 Å². The Morgan fingerprint density at radius 1 is 1.23 bits per heavy atom. The van der Waals surface area contributed by atoms with Crippen molar-refractivity contribution >= 4 is 15.7 Å². The smallest absolute Gasteiger partial charge is 0.217 e. The standard InChI is InChI=1S/C23H36N2O4S/c1-3-17-9-10-19-14-30(28,29)15-22(20(19)11-17)24-13-23(27)21(25-16(2)26)12-18-7-5-4-6-8-18/h9-11,18,21-24,27H,3-8,12-15H2,1-2H3,(H,25,26)/t21-,22+,23-/m1/s1. The summed E-state index contributed by atoms with van der Waals surface area (Å²) in [7, 11) is -3.19. The Labute approximate surface area is 180 Å². The Kier molecular flexibility index (Phi) is 7.93. The van der Waals surface area contributed by atoms with Crippen LogP contribution in [0, 0.1) is 5.92 Å². The molecule has 2 aliphatic rings. The molecule has 1 aromatic rings. The van der Waals surface area contributed by atoms with Gasteiger partial charge in [0.2, 0.25) is 5.91 Å². The van der Waals surface area contributed by atoms with Crippen molar-refractivity contribution < 1.29 is 18.3 Å². The van der Waals surface area contributed by atoms with Gasteiger partial charge in [-0.15, -0.1) is 0 Å². The van der Waals surface area contributed by atoms with Gasteiger partial charge in [0.15, 0.2) is 9.84 Å². The summed E-state index contributed by atoms with van der Waals surface area (Å²) in [6.07, 6.45) is 6.86. The second-order valence-corrected chi connectivity index (χ2v) is 11.1. The van der Waals surface area contributed by atoms with Gasteiger partial charge in [-0.2, -0.15) is 0 Å². The molecule has 1 aliphatic heterocycles. The van der Waals surface area contributed by atoms with E-state index >= 15 is 0 Å². The topological polar surface area (TPSA) is 95.5 Å². The molecule has 0 unspecified atom stereocenters. The summed E-state index contributed by atoms with van der Waals surface area (Å²) >= 11 is 0. The van der Waals surface area contributed by atoms with Crippen molar-refractivity contribution in [3.8, 4) is 0 Å². The molecule has 6 nitrogen and oxygen atoms in total. The van der Waals surface area contributed by atoms with Crippen LogP contribution in [-0.2, 0) is 26.8 Å². The minimum Gasteiger partial charge on any atom is -0.390 e. The van der Waals surface area contributed by atoms with Gasteiger partial charge in [0.1, 0.15) is 0 Å². The zero-order chi connectivity index (χ0) is 21.7. The average molecular weight is 437 g/mol. The highest BCUT2D eigenvalue weighted by Gasteiger charge is 2.31. The van der Waals surface area contributed by atoms with E-state index in [0.29, 0.717) is 5.92 Å². The lowest BCUT2D eigenvalue weighted by Gasteiger charge is -2.32. The van der Waals surface area contributed by atoms with Crippen LogP contribution in [0.2, 0.25) is 0 Å². The number of aliphatic hydroxyl groups excluding tert-OH is 1. The number of carbonyl (C=O) groups is 1. The van der Waals surface area contributed by atoms with Crippen molar-refractivity contribution in [1.82, 2.24) is 10.6 Å². The number of benzene rings is 1. The maximum atomic E-state index is 12.4. The second-order valence-electron chi connectivity index (χ2n) is 9.02. The highest BCUT2D eigenvalue weighted by molar-refractivity contribution is 7.90. The third-order valence-electron chi connectivity index (χ3n) is 6.53. The van der Waals surface area contributed by atoms with Gasteiger partial charge in [0.25, 0.3) is 0 Å². The molecule has 1 aliphatic carbocycles. The Balaban J connectivity index is 1.69. The number of hydrogen-bond donors (Lipinski definition) is 3. The number of sulfone groups is 1. The van der Waals surface area contributed by atoms with E-state index in [0.717, 1.165) is 36.8 Å². The summed E-state index contributed by atoms with van der Waals surface area (Å²) < 4.78 is 24.8. The van der Waals surface area contributed by atoms with Gasteiger partial charge in [-0.1, -0.05) is 57.2 Å². The lowest BCUT2D eigenvalue weighted by atomic mass is 9.83. The van der Waals surface area contributed by atoms with Crippen LogP contribution in [0.3, 0.4) is 0 Å². The third kappa shape index (κ3) is 6.28. The van der Waals surface area contributed by atoms with Gasteiger partial charge in [-0.05, 0) is 35.4 Å². The molecule has 0 aromatic heterocycles. The van der Waals surface area contributed by atoms with E-state index in [9.17, 15) is 18.3 Å². The molecule has 1 saturated carbocycles. The first kappa shape index (κ1) is 23.2. The molecule has 0 saturated heterocycles. The summed E-state index contributed by atoms with van der Waals surface area (Å²) in [5, 5.41) is 17.1. The Bertz CT molecular complexity index is 834. The van der Waals surface area contributed by atoms with Crippen molar-refractivity contribution in [1.29, 1.82) is 0 Å². The SMILES string of the molecule is CCc1ccc2c(c1)[C@@H](NC[C@@H](O)[C@@H](CC1CCCCC1)NC(C)=O)CS(=O)(=O)C2. The van der Waals surface area contributed by atoms with Gasteiger partial charge in [0.05, 0.1) is 23.7 Å². The van der Waals surface area contributed by atoms with Crippen molar-refractivity contribution in [3.63, 3.8) is 0 Å². The first-order valence-corrected chi connectivity index (χ1v) is 13.1. The molecule has 3 atom stereocenters. The number of aryl methyl sites for hydroxylation is 1. The molecule has 0 radical (unpaired) electrons. The fraction of sp³-hybridized carbons (Fsp3) is 0.696. The minimum absolute atomic E-state index is 0.0350. The number of aliphatic hydroxyl groups is 1. The van der Waals surface area contributed by atoms with Gasteiger partial charge in [-0.3, -0.25) is 4.79 Å². The van der Waals surface area contributed by atoms with Crippen molar-refractivity contribution in [2.24, 2.45) is 5.92 Å². The molecule has 1 aromatic carbocycles. The van der Waals surface area contributed by atoms with Crippen LogP contribution < -0.4 is 10.6 Å².